The maximum Gasteiger partial charge on any atom is 0.230 e. The topological polar surface area (TPSA) is 3.88 Å². The second kappa shape index (κ2) is 4.66. The SMILES string of the molecule is Cc1ccc[n+](S)c1-c1cccc(Cl)c1Cl. The zero-order valence-electron chi connectivity index (χ0n) is 8.61. The first-order valence-electron chi connectivity index (χ1n) is 4.76. The maximum atomic E-state index is 6.19. The average molecular weight is 271 g/mol. The maximum absolute atomic E-state index is 6.19. The van der Waals surface area contributed by atoms with Gasteiger partial charge in [-0.3, -0.25) is 0 Å². The lowest BCUT2D eigenvalue weighted by molar-refractivity contribution is -0.477. The zero-order chi connectivity index (χ0) is 11.7. The fourth-order valence-corrected chi connectivity index (χ4v) is 2.36. The Kier molecular flexibility index (Phi) is 3.43. The Morgan fingerprint density at radius 2 is 1.88 bits per heavy atom. The summed E-state index contributed by atoms with van der Waals surface area (Å²) in [6.45, 7) is 2.01. The number of benzene rings is 1. The van der Waals surface area contributed by atoms with Crippen LogP contribution in [0.3, 0.4) is 0 Å². The van der Waals surface area contributed by atoms with Crippen molar-refractivity contribution in [3.05, 3.63) is 52.1 Å². The van der Waals surface area contributed by atoms with Crippen LogP contribution in [0.5, 0.6) is 0 Å². The van der Waals surface area contributed by atoms with E-state index >= 15 is 0 Å². The summed E-state index contributed by atoms with van der Waals surface area (Å²) >= 11 is 16.6. The summed E-state index contributed by atoms with van der Waals surface area (Å²) in [5.74, 6) is 0. The van der Waals surface area contributed by atoms with Gasteiger partial charge in [0.2, 0.25) is 5.69 Å². The van der Waals surface area contributed by atoms with E-state index in [2.05, 4.69) is 12.8 Å². The van der Waals surface area contributed by atoms with Crippen molar-refractivity contribution in [2.75, 3.05) is 0 Å². The molecule has 1 aromatic heterocycles. The summed E-state index contributed by atoms with van der Waals surface area (Å²) in [7, 11) is 0. The minimum atomic E-state index is 0.552. The molecule has 0 saturated carbocycles. The van der Waals surface area contributed by atoms with Crippen molar-refractivity contribution in [1.29, 1.82) is 0 Å². The Morgan fingerprint density at radius 3 is 2.56 bits per heavy atom. The molecule has 0 spiro atoms. The van der Waals surface area contributed by atoms with E-state index in [1.54, 1.807) is 10.0 Å². The highest BCUT2D eigenvalue weighted by Gasteiger charge is 2.18. The minimum absolute atomic E-state index is 0.552. The molecule has 0 radical (unpaired) electrons. The lowest BCUT2D eigenvalue weighted by Crippen LogP contribution is -2.24. The van der Waals surface area contributed by atoms with E-state index in [9.17, 15) is 0 Å². The molecule has 0 amide bonds. The Labute approximate surface area is 110 Å². The van der Waals surface area contributed by atoms with Gasteiger partial charge in [-0.25, -0.2) is 0 Å². The smallest absolute Gasteiger partial charge is 0.129 e. The van der Waals surface area contributed by atoms with Crippen LogP contribution in [0.4, 0.5) is 0 Å². The number of hydrogen-bond acceptors (Lipinski definition) is 1. The fraction of sp³-hybridized carbons (Fsp3) is 0.0833. The van der Waals surface area contributed by atoms with Crippen molar-refractivity contribution in [2.24, 2.45) is 0 Å². The molecule has 1 heterocycles. The van der Waals surface area contributed by atoms with E-state index in [1.165, 1.54) is 0 Å². The molecule has 0 fully saturated rings. The van der Waals surface area contributed by atoms with Crippen LogP contribution < -0.4 is 3.97 Å². The third kappa shape index (κ3) is 2.05. The number of rotatable bonds is 1. The molecular weight excluding hydrogens is 261 g/mol. The second-order valence-electron chi connectivity index (χ2n) is 3.49. The predicted octanol–water partition coefficient (Wildman–Crippen LogP) is 3.95. The van der Waals surface area contributed by atoms with Crippen molar-refractivity contribution in [3.8, 4) is 11.3 Å². The van der Waals surface area contributed by atoms with E-state index in [0.29, 0.717) is 10.0 Å². The van der Waals surface area contributed by atoms with Gasteiger partial charge in [0.25, 0.3) is 0 Å². The number of aromatic nitrogens is 1. The first-order chi connectivity index (χ1) is 7.61. The summed E-state index contributed by atoms with van der Waals surface area (Å²) in [5.41, 5.74) is 2.95. The predicted molar refractivity (Wildman–Crippen MR) is 71.2 cm³/mol. The zero-order valence-corrected chi connectivity index (χ0v) is 11.0. The summed E-state index contributed by atoms with van der Waals surface area (Å²) in [5, 5.41) is 1.11. The third-order valence-electron chi connectivity index (χ3n) is 2.38. The Bertz CT molecular complexity index is 520. The number of aryl methyl sites for hydroxylation is 1. The van der Waals surface area contributed by atoms with Crippen LogP contribution in [0.2, 0.25) is 10.0 Å². The van der Waals surface area contributed by atoms with E-state index in [4.69, 9.17) is 23.2 Å². The molecule has 0 saturated heterocycles. The van der Waals surface area contributed by atoms with Crippen LogP contribution in [0.15, 0.2) is 36.5 Å². The highest BCUT2D eigenvalue weighted by Crippen LogP contribution is 2.33. The van der Waals surface area contributed by atoms with Crippen LogP contribution in [-0.4, -0.2) is 0 Å². The van der Waals surface area contributed by atoms with Gasteiger partial charge < -0.3 is 0 Å². The quantitative estimate of drug-likeness (QED) is 0.591. The van der Waals surface area contributed by atoms with Crippen molar-refractivity contribution in [3.63, 3.8) is 0 Å². The lowest BCUT2D eigenvalue weighted by atomic mass is 10.1. The molecule has 0 aliphatic rings. The number of thiol groups is 1. The van der Waals surface area contributed by atoms with Crippen LogP contribution in [-0.2, 0) is 0 Å². The van der Waals surface area contributed by atoms with Gasteiger partial charge in [-0.2, -0.15) is 0 Å². The fourth-order valence-electron chi connectivity index (χ4n) is 1.63. The van der Waals surface area contributed by atoms with E-state index in [-0.39, 0.29) is 0 Å². The molecule has 0 unspecified atom stereocenters. The van der Waals surface area contributed by atoms with Gasteiger partial charge in [-0.15, -0.1) is 3.97 Å². The normalized spacial score (nSPS) is 10.5. The van der Waals surface area contributed by atoms with Gasteiger partial charge in [-0.05, 0) is 25.1 Å². The minimum Gasteiger partial charge on any atom is -0.129 e. The van der Waals surface area contributed by atoms with Crippen molar-refractivity contribution >= 4 is 36.0 Å². The number of halogens is 2. The molecule has 16 heavy (non-hydrogen) atoms. The monoisotopic (exact) mass is 270 g/mol. The first kappa shape index (κ1) is 11.8. The Morgan fingerprint density at radius 1 is 1.12 bits per heavy atom. The number of hydrogen-bond donors (Lipinski definition) is 1. The summed E-state index contributed by atoms with van der Waals surface area (Å²) in [4.78, 5) is 0. The highest BCUT2D eigenvalue weighted by molar-refractivity contribution is 7.73. The van der Waals surface area contributed by atoms with Crippen LogP contribution in [0.1, 0.15) is 5.56 Å². The van der Waals surface area contributed by atoms with Gasteiger partial charge in [0, 0.05) is 11.6 Å². The molecule has 0 N–H and O–H groups in total. The van der Waals surface area contributed by atoms with Gasteiger partial charge in [0.05, 0.1) is 15.6 Å². The first-order valence-corrected chi connectivity index (χ1v) is 5.92. The molecule has 4 heteroatoms. The summed E-state index contributed by atoms with van der Waals surface area (Å²) < 4.78 is 1.74. The van der Waals surface area contributed by atoms with Crippen molar-refractivity contribution < 1.29 is 3.97 Å². The molecule has 0 bridgehead atoms. The van der Waals surface area contributed by atoms with Gasteiger partial charge >= 0.3 is 0 Å². The lowest BCUT2D eigenvalue weighted by Gasteiger charge is -2.05. The van der Waals surface area contributed by atoms with Crippen LogP contribution in [0.25, 0.3) is 11.3 Å². The third-order valence-corrected chi connectivity index (χ3v) is 3.54. The largest absolute Gasteiger partial charge is 0.230 e. The van der Waals surface area contributed by atoms with Crippen LogP contribution >= 0.6 is 36.0 Å². The summed E-state index contributed by atoms with van der Waals surface area (Å²) in [6, 6.07) is 9.53. The second-order valence-corrected chi connectivity index (χ2v) is 4.70. The Hall–Kier alpha value is -0.700. The molecule has 1 aromatic carbocycles. The number of pyridine rings is 1. The molecule has 0 aliphatic carbocycles. The van der Waals surface area contributed by atoms with Gasteiger partial charge in [0.1, 0.15) is 12.8 Å². The van der Waals surface area contributed by atoms with E-state index < -0.39 is 0 Å². The van der Waals surface area contributed by atoms with Crippen LogP contribution in [0, 0.1) is 6.92 Å². The highest BCUT2D eigenvalue weighted by atomic mass is 35.5. The average Bonchev–Trinajstić information content (AvgIpc) is 2.24. The van der Waals surface area contributed by atoms with E-state index in [0.717, 1.165) is 16.8 Å². The van der Waals surface area contributed by atoms with Gasteiger partial charge in [0.15, 0.2) is 6.20 Å². The number of nitrogens with zero attached hydrogens (tertiary/aromatic N) is 1. The van der Waals surface area contributed by atoms with E-state index in [1.807, 2.05) is 37.4 Å². The summed E-state index contributed by atoms with van der Waals surface area (Å²) in [6.07, 6.45) is 1.86. The molecule has 2 aromatic rings. The molecule has 0 atom stereocenters. The molecule has 0 aliphatic heterocycles. The molecule has 82 valence electrons. The Balaban J connectivity index is 2.73. The molecule has 1 nitrogen and oxygen atoms in total. The van der Waals surface area contributed by atoms with Crippen molar-refractivity contribution in [1.82, 2.24) is 0 Å². The molecular formula is C12H10Cl2NS+. The van der Waals surface area contributed by atoms with Crippen molar-refractivity contribution in [2.45, 2.75) is 6.92 Å². The standard InChI is InChI=1S/C12H10Cl2NS/c1-8-4-3-7-15(16)12(8)9-5-2-6-10(13)11(9)14/h2-7,16H,1H3/q+1. The molecule has 2 rings (SSSR count). The van der Waals surface area contributed by atoms with Gasteiger partial charge in [-0.1, -0.05) is 29.3 Å².